The van der Waals surface area contributed by atoms with E-state index in [9.17, 15) is 14.4 Å². The summed E-state index contributed by atoms with van der Waals surface area (Å²) in [4.78, 5) is 37.4. The number of ether oxygens (including phenoxy) is 2. The second-order valence-electron chi connectivity index (χ2n) is 6.98. The van der Waals surface area contributed by atoms with E-state index in [0.717, 1.165) is 12.0 Å². The monoisotopic (exact) mass is 397 g/mol. The lowest BCUT2D eigenvalue weighted by Gasteiger charge is -2.21. The predicted octanol–water partition coefficient (Wildman–Crippen LogP) is 3.44. The van der Waals surface area contributed by atoms with Gasteiger partial charge in [-0.1, -0.05) is 57.2 Å². The van der Waals surface area contributed by atoms with Gasteiger partial charge in [-0.3, -0.25) is 9.59 Å². The zero-order chi connectivity index (χ0) is 21.4. The summed E-state index contributed by atoms with van der Waals surface area (Å²) in [6.07, 6.45) is 0.880. The van der Waals surface area contributed by atoms with Gasteiger partial charge in [-0.15, -0.1) is 0 Å². The number of carbonyl (C=O) groups excluding carboxylic acids is 3. The normalized spacial score (nSPS) is 11.6. The Balaban J connectivity index is 2.01. The first kappa shape index (κ1) is 22.1. The fraction of sp³-hybridized carbons (Fsp3) is 0.348. The van der Waals surface area contributed by atoms with Crippen molar-refractivity contribution >= 4 is 17.7 Å². The van der Waals surface area contributed by atoms with Gasteiger partial charge in [0.2, 0.25) is 0 Å². The van der Waals surface area contributed by atoms with Gasteiger partial charge in [-0.05, 0) is 30.0 Å². The quantitative estimate of drug-likeness (QED) is 0.518. The molecule has 6 nitrogen and oxygen atoms in total. The second-order valence-corrected chi connectivity index (χ2v) is 6.98. The van der Waals surface area contributed by atoms with Crippen LogP contribution in [0.5, 0.6) is 5.75 Å². The first-order chi connectivity index (χ1) is 13.9. The number of hydrogen-bond donors (Lipinski definition) is 1. The van der Waals surface area contributed by atoms with E-state index in [1.54, 1.807) is 50.2 Å². The summed E-state index contributed by atoms with van der Waals surface area (Å²) in [7, 11) is 1.47. The van der Waals surface area contributed by atoms with Crippen LogP contribution in [0.4, 0.5) is 0 Å². The van der Waals surface area contributed by atoms with E-state index in [-0.39, 0.29) is 18.3 Å². The minimum absolute atomic E-state index is 0.222. The number of benzene rings is 2. The molecule has 2 rings (SSSR count). The number of esters is 1. The zero-order valence-electron chi connectivity index (χ0n) is 17.2. The molecule has 2 aromatic carbocycles. The predicted molar refractivity (Wildman–Crippen MR) is 110 cm³/mol. The van der Waals surface area contributed by atoms with Crippen LogP contribution in [0.1, 0.15) is 47.1 Å². The summed E-state index contributed by atoms with van der Waals surface area (Å²) in [5.41, 5.74) is 1.92. The van der Waals surface area contributed by atoms with Gasteiger partial charge in [0.25, 0.3) is 5.91 Å². The maximum absolute atomic E-state index is 12.6. The van der Waals surface area contributed by atoms with E-state index in [0.29, 0.717) is 16.9 Å². The molecule has 0 aliphatic rings. The van der Waals surface area contributed by atoms with Gasteiger partial charge in [0.05, 0.1) is 12.7 Å². The number of methoxy groups -OCH3 is 1. The van der Waals surface area contributed by atoms with Crippen LogP contribution in [0.3, 0.4) is 0 Å². The molecule has 1 atom stereocenters. The third-order valence-corrected chi connectivity index (χ3v) is 4.59. The molecule has 0 saturated heterocycles. The molecular formula is C23H27NO5. The van der Waals surface area contributed by atoms with Crippen LogP contribution in [-0.4, -0.2) is 37.4 Å². The van der Waals surface area contributed by atoms with Crippen LogP contribution >= 0.6 is 0 Å². The van der Waals surface area contributed by atoms with E-state index in [2.05, 4.69) is 5.32 Å². The van der Waals surface area contributed by atoms with Gasteiger partial charge in [-0.25, -0.2) is 4.79 Å². The second kappa shape index (κ2) is 10.4. The Bertz CT molecular complexity index is 858. The minimum Gasteiger partial charge on any atom is -0.496 e. The first-order valence-corrected chi connectivity index (χ1v) is 9.60. The molecule has 0 radical (unpaired) electrons. The number of Topliss-reactive ketones (excluding diaryl/α,β-unsaturated/α-hetero) is 1. The zero-order valence-corrected chi connectivity index (χ0v) is 17.2. The van der Waals surface area contributed by atoms with Gasteiger partial charge in [0.15, 0.2) is 12.4 Å². The minimum atomic E-state index is -0.886. The maximum atomic E-state index is 12.6. The number of nitrogens with one attached hydrogen (secondary N) is 1. The SMILES string of the molecule is CCc1ccc(C(=O)COC(=O)[C@@H](NC(=O)c2ccccc2OC)C(C)C)cc1. The highest BCUT2D eigenvalue weighted by Crippen LogP contribution is 2.18. The van der Waals surface area contributed by atoms with E-state index < -0.39 is 17.9 Å². The van der Waals surface area contributed by atoms with Gasteiger partial charge in [-0.2, -0.15) is 0 Å². The Morgan fingerprint density at radius 3 is 2.24 bits per heavy atom. The number of para-hydroxylation sites is 1. The molecule has 0 aromatic heterocycles. The lowest BCUT2D eigenvalue weighted by molar-refractivity contribution is -0.145. The summed E-state index contributed by atoms with van der Waals surface area (Å²) in [6, 6.07) is 13.0. The molecule has 6 heteroatoms. The van der Waals surface area contributed by atoms with Crippen LogP contribution in [0.2, 0.25) is 0 Å². The Morgan fingerprint density at radius 2 is 1.66 bits per heavy atom. The molecule has 29 heavy (non-hydrogen) atoms. The lowest BCUT2D eigenvalue weighted by atomic mass is 10.0. The van der Waals surface area contributed by atoms with Crippen LogP contribution in [0.25, 0.3) is 0 Å². The molecule has 0 bridgehead atoms. The summed E-state index contributed by atoms with van der Waals surface area (Å²) in [6.45, 7) is 5.24. The number of ketones is 1. The van der Waals surface area contributed by atoms with Gasteiger partial charge in [0.1, 0.15) is 11.8 Å². The maximum Gasteiger partial charge on any atom is 0.329 e. The summed E-state index contributed by atoms with van der Waals surface area (Å²) < 4.78 is 10.4. The van der Waals surface area contributed by atoms with Gasteiger partial charge >= 0.3 is 5.97 Å². The van der Waals surface area contributed by atoms with Crippen molar-refractivity contribution in [2.75, 3.05) is 13.7 Å². The van der Waals surface area contributed by atoms with Crippen LogP contribution in [0, 0.1) is 5.92 Å². The Morgan fingerprint density at radius 1 is 1.00 bits per heavy atom. The van der Waals surface area contributed by atoms with Crippen molar-refractivity contribution in [1.29, 1.82) is 0 Å². The Hall–Kier alpha value is -3.15. The Labute approximate surface area is 171 Å². The molecule has 0 aliphatic carbocycles. The van der Waals surface area contributed by atoms with Crippen molar-refractivity contribution in [1.82, 2.24) is 5.32 Å². The van der Waals surface area contributed by atoms with E-state index in [1.807, 2.05) is 19.1 Å². The first-order valence-electron chi connectivity index (χ1n) is 9.60. The number of carbonyl (C=O) groups is 3. The van der Waals surface area contributed by atoms with Crippen molar-refractivity contribution in [3.8, 4) is 5.75 Å². The standard InChI is InChI=1S/C23H27NO5/c1-5-16-10-12-17(13-11-16)19(25)14-29-23(27)21(15(2)3)24-22(26)18-8-6-7-9-20(18)28-4/h6-13,15,21H,5,14H2,1-4H3,(H,24,26)/t21-/m0/s1. The number of rotatable bonds is 9. The average molecular weight is 397 g/mol. The highest BCUT2D eigenvalue weighted by atomic mass is 16.5. The number of hydrogen-bond acceptors (Lipinski definition) is 5. The molecule has 0 unspecified atom stereocenters. The smallest absolute Gasteiger partial charge is 0.329 e. The lowest BCUT2D eigenvalue weighted by Crippen LogP contribution is -2.45. The largest absolute Gasteiger partial charge is 0.496 e. The van der Waals surface area contributed by atoms with Crippen molar-refractivity contribution in [2.45, 2.75) is 33.2 Å². The van der Waals surface area contributed by atoms with E-state index >= 15 is 0 Å². The van der Waals surface area contributed by atoms with Crippen LogP contribution in [0.15, 0.2) is 48.5 Å². The van der Waals surface area contributed by atoms with Crippen molar-refractivity contribution < 1.29 is 23.9 Å². The highest BCUT2D eigenvalue weighted by molar-refractivity contribution is 6.00. The topological polar surface area (TPSA) is 81.7 Å². The van der Waals surface area contributed by atoms with E-state index in [4.69, 9.17) is 9.47 Å². The molecule has 0 fully saturated rings. The molecular weight excluding hydrogens is 370 g/mol. The van der Waals surface area contributed by atoms with Crippen LogP contribution < -0.4 is 10.1 Å². The molecule has 0 heterocycles. The molecule has 1 amide bonds. The molecule has 2 aromatic rings. The fourth-order valence-electron chi connectivity index (χ4n) is 2.79. The molecule has 154 valence electrons. The fourth-order valence-corrected chi connectivity index (χ4v) is 2.79. The number of aryl methyl sites for hydroxylation is 1. The highest BCUT2D eigenvalue weighted by Gasteiger charge is 2.27. The summed E-state index contributed by atoms with van der Waals surface area (Å²) in [5, 5.41) is 2.68. The van der Waals surface area contributed by atoms with Gasteiger partial charge < -0.3 is 14.8 Å². The average Bonchev–Trinajstić information content (AvgIpc) is 2.75. The van der Waals surface area contributed by atoms with Crippen LogP contribution in [-0.2, 0) is 16.0 Å². The third kappa shape index (κ3) is 5.91. The van der Waals surface area contributed by atoms with Crippen molar-refractivity contribution in [2.24, 2.45) is 5.92 Å². The molecule has 1 N–H and O–H groups in total. The third-order valence-electron chi connectivity index (χ3n) is 4.59. The van der Waals surface area contributed by atoms with Crippen molar-refractivity contribution in [3.05, 3.63) is 65.2 Å². The number of amides is 1. The van der Waals surface area contributed by atoms with E-state index in [1.165, 1.54) is 7.11 Å². The van der Waals surface area contributed by atoms with Gasteiger partial charge in [0, 0.05) is 5.56 Å². The molecule has 0 aliphatic heterocycles. The Kier molecular flexibility index (Phi) is 7.95. The summed E-state index contributed by atoms with van der Waals surface area (Å²) in [5.74, 6) is -1.20. The molecule has 0 spiro atoms. The molecule has 0 saturated carbocycles. The van der Waals surface area contributed by atoms with Crippen molar-refractivity contribution in [3.63, 3.8) is 0 Å². The summed E-state index contributed by atoms with van der Waals surface area (Å²) >= 11 is 0.